The van der Waals surface area contributed by atoms with Crippen LogP contribution in [0.4, 0.5) is 20.6 Å². The number of methoxy groups -OCH3 is 1. The largest absolute Gasteiger partial charge is 0.493 e. The number of ether oxygens (including phenoxy) is 2. The number of nitrogens with one attached hydrogen (secondary N) is 2. The SMILES string of the molecule is COc1cc(/C=C2/C(=O)NC(=O)N(c3ccccc3)C2=O)cc(Cl)c1OCC(=O)Nc1ccccc1F. The van der Waals surface area contributed by atoms with E-state index in [4.69, 9.17) is 21.1 Å². The second kappa shape index (κ2) is 10.9. The lowest BCUT2D eigenvalue weighted by atomic mass is 10.1. The molecule has 3 aromatic carbocycles. The van der Waals surface area contributed by atoms with E-state index >= 15 is 0 Å². The minimum atomic E-state index is -0.873. The summed E-state index contributed by atoms with van der Waals surface area (Å²) in [6.07, 6.45) is 1.25. The quantitative estimate of drug-likeness (QED) is 0.355. The highest BCUT2D eigenvalue weighted by atomic mass is 35.5. The van der Waals surface area contributed by atoms with Crippen LogP contribution < -0.4 is 25.0 Å². The number of nitrogens with zero attached hydrogens (tertiary/aromatic N) is 1. The predicted molar refractivity (Wildman–Crippen MR) is 134 cm³/mol. The lowest BCUT2D eigenvalue weighted by Crippen LogP contribution is -2.54. The van der Waals surface area contributed by atoms with Crippen molar-refractivity contribution >= 4 is 52.8 Å². The zero-order chi connectivity index (χ0) is 26.5. The number of carbonyl (C=O) groups excluding carboxylic acids is 4. The van der Waals surface area contributed by atoms with Crippen LogP contribution in [0.5, 0.6) is 11.5 Å². The van der Waals surface area contributed by atoms with Crippen molar-refractivity contribution in [3.05, 3.63) is 88.7 Å². The molecule has 5 amide bonds. The molecule has 0 saturated carbocycles. The summed E-state index contributed by atoms with van der Waals surface area (Å²) in [7, 11) is 1.34. The van der Waals surface area contributed by atoms with Gasteiger partial charge in [0.2, 0.25) is 0 Å². The van der Waals surface area contributed by atoms with Crippen LogP contribution in [0.25, 0.3) is 6.08 Å². The van der Waals surface area contributed by atoms with Gasteiger partial charge in [-0.15, -0.1) is 0 Å². The summed E-state index contributed by atoms with van der Waals surface area (Å²) in [4.78, 5) is 50.8. The molecular weight excluding hydrogens is 505 g/mol. The summed E-state index contributed by atoms with van der Waals surface area (Å²) in [6, 6.07) is 15.8. The van der Waals surface area contributed by atoms with Crippen molar-refractivity contribution < 1.29 is 33.0 Å². The summed E-state index contributed by atoms with van der Waals surface area (Å²) in [6.45, 7) is -0.500. The molecular formula is C26H19ClFN3O6. The number of anilines is 2. The Bertz CT molecular complexity index is 1430. The molecule has 9 nitrogen and oxygen atoms in total. The molecule has 37 heavy (non-hydrogen) atoms. The summed E-state index contributed by atoms with van der Waals surface area (Å²) in [5, 5.41) is 4.54. The van der Waals surface area contributed by atoms with Crippen molar-refractivity contribution in [1.82, 2.24) is 5.32 Å². The normalized spacial score (nSPS) is 14.4. The smallest absolute Gasteiger partial charge is 0.335 e. The van der Waals surface area contributed by atoms with Crippen molar-refractivity contribution in [1.29, 1.82) is 0 Å². The van der Waals surface area contributed by atoms with Crippen molar-refractivity contribution in [2.45, 2.75) is 0 Å². The molecule has 2 N–H and O–H groups in total. The maximum Gasteiger partial charge on any atom is 0.335 e. The molecule has 1 aliphatic rings. The van der Waals surface area contributed by atoms with Crippen LogP contribution in [-0.4, -0.2) is 37.5 Å². The number of imide groups is 2. The first kappa shape index (κ1) is 25.4. The molecule has 11 heteroatoms. The number of urea groups is 1. The van der Waals surface area contributed by atoms with Gasteiger partial charge in [0.15, 0.2) is 18.1 Å². The number of halogens is 2. The fourth-order valence-electron chi connectivity index (χ4n) is 3.49. The van der Waals surface area contributed by atoms with Crippen LogP contribution in [0.1, 0.15) is 5.56 Å². The number of barbiturate groups is 1. The van der Waals surface area contributed by atoms with E-state index in [0.717, 1.165) is 4.90 Å². The number of para-hydroxylation sites is 2. The Balaban J connectivity index is 1.56. The summed E-state index contributed by atoms with van der Waals surface area (Å²) >= 11 is 6.34. The van der Waals surface area contributed by atoms with Crippen LogP contribution >= 0.6 is 11.6 Å². The minimum Gasteiger partial charge on any atom is -0.493 e. The number of benzene rings is 3. The van der Waals surface area contributed by atoms with Crippen LogP contribution in [-0.2, 0) is 14.4 Å². The first-order valence-corrected chi connectivity index (χ1v) is 11.2. The Morgan fingerprint density at radius 2 is 1.78 bits per heavy atom. The van der Waals surface area contributed by atoms with E-state index in [1.807, 2.05) is 0 Å². The van der Waals surface area contributed by atoms with Gasteiger partial charge >= 0.3 is 6.03 Å². The van der Waals surface area contributed by atoms with Gasteiger partial charge in [0.25, 0.3) is 17.7 Å². The molecule has 0 unspecified atom stereocenters. The van der Waals surface area contributed by atoms with E-state index in [1.54, 1.807) is 36.4 Å². The predicted octanol–water partition coefficient (Wildman–Crippen LogP) is 4.17. The third-order valence-electron chi connectivity index (χ3n) is 5.17. The highest BCUT2D eigenvalue weighted by Gasteiger charge is 2.36. The van der Waals surface area contributed by atoms with Gasteiger partial charge < -0.3 is 14.8 Å². The second-order valence-electron chi connectivity index (χ2n) is 7.64. The van der Waals surface area contributed by atoms with E-state index in [0.29, 0.717) is 5.56 Å². The Kier molecular flexibility index (Phi) is 7.49. The topological polar surface area (TPSA) is 114 Å². The molecule has 0 atom stereocenters. The third-order valence-corrected chi connectivity index (χ3v) is 5.46. The van der Waals surface area contributed by atoms with Gasteiger partial charge in [-0.05, 0) is 48.0 Å². The lowest BCUT2D eigenvalue weighted by Gasteiger charge is -2.26. The van der Waals surface area contributed by atoms with Crippen LogP contribution in [0.3, 0.4) is 0 Å². The number of rotatable bonds is 7. The Hall–Kier alpha value is -4.70. The van der Waals surface area contributed by atoms with E-state index in [-0.39, 0.29) is 33.5 Å². The number of carbonyl (C=O) groups is 4. The Morgan fingerprint density at radius 3 is 2.49 bits per heavy atom. The average Bonchev–Trinajstić information content (AvgIpc) is 2.87. The zero-order valence-corrected chi connectivity index (χ0v) is 20.0. The van der Waals surface area contributed by atoms with Crippen molar-refractivity contribution in [3.8, 4) is 11.5 Å². The van der Waals surface area contributed by atoms with Crippen molar-refractivity contribution in [2.24, 2.45) is 0 Å². The Labute approximate surface area is 215 Å². The first-order valence-electron chi connectivity index (χ1n) is 10.8. The van der Waals surface area contributed by atoms with Gasteiger partial charge in [0.05, 0.1) is 23.5 Å². The maximum absolute atomic E-state index is 13.8. The van der Waals surface area contributed by atoms with E-state index < -0.39 is 36.2 Å². The molecule has 0 aliphatic carbocycles. The molecule has 3 aromatic rings. The first-order chi connectivity index (χ1) is 17.8. The van der Waals surface area contributed by atoms with Crippen molar-refractivity contribution in [3.63, 3.8) is 0 Å². The fourth-order valence-corrected chi connectivity index (χ4v) is 3.76. The van der Waals surface area contributed by atoms with Gasteiger partial charge in [0, 0.05) is 0 Å². The standard InChI is InChI=1S/C26H19ClFN3O6/c1-36-21-13-15(11-17-24(33)30-26(35)31(25(17)34)16-7-3-2-4-8-16)12-18(27)23(21)37-14-22(32)29-20-10-6-5-9-19(20)28/h2-13H,14H2,1H3,(H,29,32)(H,30,33,35)/b17-11-. The molecule has 0 aromatic heterocycles. The summed E-state index contributed by atoms with van der Waals surface area (Å²) < 4.78 is 24.6. The van der Waals surface area contributed by atoms with Gasteiger partial charge in [-0.2, -0.15) is 0 Å². The molecule has 0 radical (unpaired) electrons. The van der Waals surface area contributed by atoms with Gasteiger partial charge in [0.1, 0.15) is 11.4 Å². The molecule has 4 rings (SSSR count). The van der Waals surface area contributed by atoms with Gasteiger partial charge in [-0.3, -0.25) is 19.7 Å². The monoisotopic (exact) mass is 523 g/mol. The number of hydrogen-bond donors (Lipinski definition) is 2. The van der Waals surface area contributed by atoms with E-state index in [9.17, 15) is 23.6 Å². The molecule has 1 heterocycles. The van der Waals surface area contributed by atoms with Crippen LogP contribution in [0, 0.1) is 5.82 Å². The molecule has 1 saturated heterocycles. The lowest BCUT2D eigenvalue weighted by molar-refractivity contribution is -0.122. The van der Waals surface area contributed by atoms with Gasteiger partial charge in [-0.1, -0.05) is 41.9 Å². The van der Waals surface area contributed by atoms with Gasteiger partial charge in [-0.25, -0.2) is 14.1 Å². The zero-order valence-electron chi connectivity index (χ0n) is 19.3. The summed E-state index contributed by atoms with van der Waals surface area (Å²) in [5.74, 6) is -2.79. The Morgan fingerprint density at radius 1 is 1.08 bits per heavy atom. The van der Waals surface area contributed by atoms with Crippen LogP contribution in [0.15, 0.2) is 72.3 Å². The van der Waals surface area contributed by atoms with E-state index in [2.05, 4.69) is 10.6 Å². The maximum atomic E-state index is 13.8. The highest BCUT2D eigenvalue weighted by Crippen LogP contribution is 2.37. The molecule has 188 valence electrons. The molecule has 0 bridgehead atoms. The fraction of sp³-hybridized carbons (Fsp3) is 0.0769. The third kappa shape index (κ3) is 5.60. The average molecular weight is 524 g/mol. The number of amides is 5. The second-order valence-corrected chi connectivity index (χ2v) is 8.05. The minimum absolute atomic E-state index is 0.00501. The molecule has 1 aliphatic heterocycles. The summed E-state index contributed by atoms with van der Waals surface area (Å²) in [5.41, 5.74) is 0.274. The number of hydrogen-bond acceptors (Lipinski definition) is 6. The highest BCUT2D eigenvalue weighted by molar-refractivity contribution is 6.39. The van der Waals surface area contributed by atoms with Crippen LogP contribution in [0.2, 0.25) is 5.02 Å². The van der Waals surface area contributed by atoms with E-state index in [1.165, 1.54) is 43.5 Å². The van der Waals surface area contributed by atoms with Crippen molar-refractivity contribution in [2.75, 3.05) is 23.9 Å². The molecule has 0 spiro atoms. The molecule has 1 fully saturated rings.